The van der Waals surface area contributed by atoms with Crippen molar-refractivity contribution in [3.63, 3.8) is 0 Å². The number of primary amides is 1. The van der Waals surface area contributed by atoms with E-state index in [-0.39, 0.29) is 24.5 Å². The minimum absolute atomic E-state index is 0.00215. The summed E-state index contributed by atoms with van der Waals surface area (Å²) in [7, 11) is 0. The van der Waals surface area contributed by atoms with Crippen molar-refractivity contribution in [1.29, 1.82) is 0 Å². The summed E-state index contributed by atoms with van der Waals surface area (Å²) in [5.41, 5.74) is 10.9. The molecular formula is C21H31N5O7. The van der Waals surface area contributed by atoms with Gasteiger partial charge in [0, 0.05) is 6.42 Å². The molecule has 0 aromatic heterocycles. The minimum atomic E-state index is -1.38. The topological polar surface area (TPSA) is 214 Å². The zero-order valence-electron chi connectivity index (χ0n) is 18.5. The molecule has 182 valence electrons. The standard InChI is InChI=1S/C21H31N5O7/c1-11(2)7-16(21(32)33)26-19(30)14(8-12-3-5-13(27)6-4-12)25-20(31)15(9-17(23)28)24-18(29)10-22/h3-6,11,14-16,27H,7-10,22H2,1-2H3,(H2,23,28)(H,24,29)(H,25,31)(H,26,30)(H,32,33). The number of nitrogens with two attached hydrogens (primary N) is 2. The first-order valence-corrected chi connectivity index (χ1v) is 10.3. The highest BCUT2D eigenvalue weighted by Gasteiger charge is 2.30. The molecule has 12 nitrogen and oxygen atoms in total. The highest BCUT2D eigenvalue weighted by atomic mass is 16.4. The van der Waals surface area contributed by atoms with Gasteiger partial charge in [0.15, 0.2) is 0 Å². The molecule has 3 unspecified atom stereocenters. The predicted molar refractivity (Wildman–Crippen MR) is 118 cm³/mol. The van der Waals surface area contributed by atoms with Gasteiger partial charge in [-0.05, 0) is 30.0 Å². The van der Waals surface area contributed by atoms with Crippen LogP contribution in [0.2, 0.25) is 0 Å². The maximum absolute atomic E-state index is 12.9. The van der Waals surface area contributed by atoms with E-state index in [9.17, 15) is 34.2 Å². The Kier molecular flexibility index (Phi) is 10.8. The second-order valence-electron chi connectivity index (χ2n) is 7.96. The summed E-state index contributed by atoms with van der Waals surface area (Å²) >= 11 is 0. The zero-order valence-corrected chi connectivity index (χ0v) is 18.5. The normalized spacial score (nSPS) is 13.5. The van der Waals surface area contributed by atoms with E-state index in [1.165, 1.54) is 24.3 Å². The lowest BCUT2D eigenvalue weighted by molar-refractivity contribution is -0.143. The molecule has 1 aromatic rings. The van der Waals surface area contributed by atoms with E-state index in [1.54, 1.807) is 13.8 Å². The molecule has 0 fully saturated rings. The van der Waals surface area contributed by atoms with Gasteiger partial charge < -0.3 is 37.6 Å². The number of amides is 4. The van der Waals surface area contributed by atoms with E-state index >= 15 is 0 Å². The van der Waals surface area contributed by atoms with E-state index in [2.05, 4.69) is 16.0 Å². The van der Waals surface area contributed by atoms with Gasteiger partial charge in [0.1, 0.15) is 23.9 Å². The first kappa shape index (κ1) is 27.4. The molecule has 33 heavy (non-hydrogen) atoms. The molecule has 3 atom stereocenters. The Bertz CT molecular complexity index is 857. The first-order chi connectivity index (χ1) is 15.4. The number of phenolic OH excluding ortho intramolecular Hbond substituents is 1. The molecule has 0 saturated heterocycles. The van der Waals surface area contributed by atoms with Crippen LogP contribution in [-0.4, -0.2) is 64.5 Å². The zero-order chi connectivity index (χ0) is 25.1. The number of carbonyl (C=O) groups is 5. The maximum atomic E-state index is 12.9. The van der Waals surface area contributed by atoms with Crippen LogP contribution in [0.15, 0.2) is 24.3 Å². The van der Waals surface area contributed by atoms with Crippen molar-refractivity contribution in [3.8, 4) is 5.75 Å². The van der Waals surface area contributed by atoms with Crippen LogP contribution in [0.25, 0.3) is 0 Å². The second-order valence-corrected chi connectivity index (χ2v) is 7.96. The largest absolute Gasteiger partial charge is 0.508 e. The van der Waals surface area contributed by atoms with E-state index in [0.29, 0.717) is 5.56 Å². The predicted octanol–water partition coefficient (Wildman–Crippen LogP) is -1.65. The number of rotatable bonds is 13. The number of carboxylic acids is 1. The molecule has 1 aromatic carbocycles. The summed E-state index contributed by atoms with van der Waals surface area (Å²) in [6, 6.07) is 2.03. The van der Waals surface area contributed by atoms with Crippen molar-refractivity contribution in [1.82, 2.24) is 16.0 Å². The number of phenols is 1. The quantitative estimate of drug-likeness (QED) is 0.179. The molecule has 0 aliphatic rings. The molecule has 0 bridgehead atoms. The number of hydrogen-bond donors (Lipinski definition) is 7. The van der Waals surface area contributed by atoms with Crippen LogP contribution in [0.3, 0.4) is 0 Å². The van der Waals surface area contributed by atoms with Crippen LogP contribution in [0, 0.1) is 5.92 Å². The Labute approximate surface area is 191 Å². The van der Waals surface area contributed by atoms with Crippen molar-refractivity contribution in [2.45, 2.75) is 51.2 Å². The lowest BCUT2D eigenvalue weighted by Gasteiger charge is -2.24. The third-order valence-corrected chi connectivity index (χ3v) is 4.57. The third-order valence-electron chi connectivity index (χ3n) is 4.57. The van der Waals surface area contributed by atoms with Gasteiger partial charge in [0.2, 0.25) is 23.6 Å². The van der Waals surface area contributed by atoms with Crippen molar-refractivity contribution in [3.05, 3.63) is 29.8 Å². The molecule has 0 saturated carbocycles. The first-order valence-electron chi connectivity index (χ1n) is 10.3. The van der Waals surface area contributed by atoms with Crippen LogP contribution in [0.1, 0.15) is 32.3 Å². The monoisotopic (exact) mass is 465 g/mol. The number of carboxylic acid groups (broad SMARTS) is 1. The molecule has 0 aliphatic heterocycles. The Hall–Kier alpha value is -3.67. The van der Waals surface area contributed by atoms with Gasteiger partial charge in [-0.15, -0.1) is 0 Å². The van der Waals surface area contributed by atoms with Crippen LogP contribution < -0.4 is 27.4 Å². The Balaban J connectivity index is 3.13. The number of aliphatic carboxylic acids is 1. The summed E-state index contributed by atoms with van der Waals surface area (Å²) < 4.78 is 0. The molecule has 0 radical (unpaired) electrons. The molecular weight excluding hydrogens is 434 g/mol. The second kappa shape index (κ2) is 13.0. The van der Waals surface area contributed by atoms with Crippen LogP contribution in [0.5, 0.6) is 5.75 Å². The van der Waals surface area contributed by atoms with Gasteiger partial charge in [0.25, 0.3) is 0 Å². The Morgan fingerprint density at radius 3 is 1.94 bits per heavy atom. The number of hydrogen-bond acceptors (Lipinski definition) is 7. The number of aromatic hydroxyl groups is 1. The molecule has 12 heteroatoms. The smallest absolute Gasteiger partial charge is 0.326 e. The summed E-state index contributed by atoms with van der Waals surface area (Å²) in [6.45, 7) is 3.16. The SMILES string of the molecule is CC(C)CC(NC(=O)C(Cc1ccc(O)cc1)NC(=O)C(CC(N)=O)NC(=O)CN)C(=O)O. The lowest BCUT2D eigenvalue weighted by atomic mass is 10.0. The summed E-state index contributed by atoms with van der Waals surface area (Å²) in [6.07, 6.45) is -0.423. The van der Waals surface area contributed by atoms with Crippen molar-refractivity contribution in [2.75, 3.05) is 6.54 Å². The molecule has 0 aliphatic carbocycles. The van der Waals surface area contributed by atoms with E-state index in [1.807, 2.05) is 0 Å². The molecule has 0 spiro atoms. The van der Waals surface area contributed by atoms with E-state index < -0.39 is 60.7 Å². The highest BCUT2D eigenvalue weighted by Crippen LogP contribution is 2.12. The fraction of sp³-hybridized carbons (Fsp3) is 0.476. The fourth-order valence-corrected chi connectivity index (χ4v) is 2.98. The number of nitrogens with one attached hydrogen (secondary N) is 3. The third kappa shape index (κ3) is 9.99. The fourth-order valence-electron chi connectivity index (χ4n) is 2.98. The molecule has 1 rings (SSSR count). The van der Waals surface area contributed by atoms with Gasteiger partial charge in [-0.2, -0.15) is 0 Å². The lowest BCUT2D eigenvalue weighted by Crippen LogP contribution is -2.57. The van der Waals surface area contributed by atoms with Gasteiger partial charge in [-0.3, -0.25) is 19.2 Å². The molecule has 4 amide bonds. The van der Waals surface area contributed by atoms with Gasteiger partial charge >= 0.3 is 5.97 Å². The van der Waals surface area contributed by atoms with Crippen molar-refractivity contribution < 1.29 is 34.2 Å². The van der Waals surface area contributed by atoms with E-state index in [0.717, 1.165) is 0 Å². The Morgan fingerprint density at radius 1 is 0.909 bits per heavy atom. The molecule has 0 heterocycles. The summed E-state index contributed by atoms with van der Waals surface area (Å²) in [5.74, 6) is -4.47. The maximum Gasteiger partial charge on any atom is 0.326 e. The molecule has 9 N–H and O–H groups in total. The summed E-state index contributed by atoms with van der Waals surface area (Å²) in [5, 5.41) is 26.0. The minimum Gasteiger partial charge on any atom is -0.508 e. The van der Waals surface area contributed by atoms with Crippen molar-refractivity contribution in [2.24, 2.45) is 17.4 Å². The van der Waals surface area contributed by atoms with Crippen LogP contribution >= 0.6 is 0 Å². The average Bonchev–Trinajstić information content (AvgIpc) is 2.72. The van der Waals surface area contributed by atoms with Crippen LogP contribution in [0.4, 0.5) is 0 Å². The summed E-state index contributed by atoms with van der Waals surface area (Å²) in [4.78, 5) is 60.2. The van der Waals surface area contributed by atoms with Gasteiger partial charge in [0.05, 0.1) is 13.0 Å². The number of benzene rings is 1. The number of carbonyl (C=O) groups excluding carboxylic acids is 4. The van der Waals surface area contributed by atoms with Gasteiger partial charge in [-0.1, -0.05) is 26.0 Å². The van der Waals surface area contributed by atoms with Crippen LogP contribution in [-0.2, 0) is 30.4 Å². The highest BCUT2D eigenvalue weighted by molar-refractivity contribution is 5.95. The van der Waals surface area contributed by atoms with Gasteiger partial charge in [-0.25, -0.2) is 4.79 Å². The average molecular weight is 466 g/mol. The Morgan fingerprint density at radius 2 is 1.45 bits per heavy atom. The van der Waals surface area contributed by atoms with E-state index in [4.69, 9.17) is 11.5 Å². The van der Waals surface area contributed by atoms with Crippen molar-refractivity contribution >= 4 is 29.6 Å².